The van der Waals surface area contributed by atoms with Gasteiger partial charge in [-0.2, -0.15) is 18.3 Å². The number of nitrogens with one attached hydrogen (secondary N) is 2. The highest BCUT2D eigenvalue weighted by atomic mass is 19.4. The minimum Gasteiger partial charge on any atom is -0.465 e. The normalized spacial score (nSPS) is 15.5. The first-order valence-corrected chi connectivity index (χ1v) is 14.7. The van der Waals surface area contributed by atoms with Gasteiger partial charge in [0.2, 0.25) is 0 Å². The van der Waals surface area contributed by atoms with Gasteiger partial charge < -0.3 is 25.0 Å². The minimum atomic E-state index is -4.74. The first-order valence-electron chi connectivity index (χ1n) is 14.7. The molecule has 4 heterocycles. The number of hydrogen-bond acceptors (Lipinski definition) is 8. The number of ether oxygens (including phenoxy) is 1. The van der Waals surface area contributed by atoms with Crippen molar-refractivity contribution in [3.63, 3.8) is 0 Å². The van der Waals surface area contributed by atoms with Crippen LogP contribution in [0.4, 0.5) is 29.6 Å². The van der Waals surface area contributed by atoms with Gasteiger partial charge in [0.15, 0.2) is 5.82 Å². The first-order chi connectivity index (χ1) is 21.9. The number of hydrogen-bond donors (Lipinski definition) is 3. The number of aryl methyl sites for hydroxylation is 2. The fraction of sp³-hybridized carbons (Fsp3) is 0.400. The van der Waals surface area contributed by atoms with Crippen molar-refractivity contribution in [2.24, 2.45) is 14.1 Å². The zero-order valence-corrected chi connectivity index (χ0v) is 25.4. The third-order valence-corrected chi connectivity index (χ3v) is 8.35. The van der Waals surface area contributed by atoms with E-state index in [0.717, 1.165) is 12.5 Å². The predicted molar refractivity (Wildman–Crippen MR) is 160 cm³/mol. The maximum atomic E-state index is 14.4. The van der Waals surface area contributed by atoms with Gasteiger partial charge >= 0.3 is 12.3 Å². The number of aromatic nitrogens is 6. The SMILES string of the molecule is CCNc1cc(-c2c(-c3nncn3C)cnn2C)cc(N2Cc3c(cc(COCC4(NC(=O)O)CCC4)cc3C(F)(F)F)C2=O)n1. The van der Waals surface area contributed by atoms with Crippen LogP contribution in [-0.2, 0) is 38.2 Å². The summed E-state index contributed by atoms with van der Waals surface area (Å²) in [7, 11) is 3.55. The third kappa shape index (κ3) is 5.75. The Kier molecular flexibility index (Phi) is 7.92. The molecule has 46 heavy (non-hydrogen) atoms. The van der Waals surface area contributed by atoms with Gasteiger partial charge in [-0.05, 0) is 61.6 Å². The van der Waals surface area contributed by atoms with Crippen molar-refractivity contribution >= 4 is 23.6 Å². The highest BCUT2D eigenvalue weighted by Gasteiger charge is 2.42. The third-order valence-electron chi connectivity index (χ3n) is 8.35. The van der Waals surface area contributed by atoms with Crippen LogP contribution in [0.15, 0.2) is 36.8 Å². The molecule has 4 aromatic rings. The van der Waals surface area contributed by atoms with E-state index < -0.39 is 29.3 Å². The Bertz CT molecular complexity index is 1810. The summed E-state index contributed by atoms with van der Waals surface area (Å²) in [5.74, 6) is 0.518. The lowest BCUT2D eigenvalue weighted by atomic mass is 9.77. The number of pyridine rings is 1. The number of carbonyl (C=O) groups excluding carboxylic acids is 1. The summed E-state index contributed by atoms with van der Waals surface area (Å²) in [5.41, 5.74) is 0.167. The molecule has 0 radical (unpaired) electrons. The van der Waals surface area contributed by atoms with Crippen LogP contribution in [0.25, 0.3) is 22.6 Å². The molecule has 0 spiro atoms. The molecule has 6 rings (SSSR count). The van der Waals surface area contributed by atoms with E-state index in [-0.39, 0.29) is 42.3 Å². The number of carboxylic acid groups (broad SMARTS) is 1. The summed E-state index contributed by atoms with van der Waals surface area (Å²) in [6.07, 6.45) is -0.751. The molecule has 242 valence electrons. The number of benzene rings is 1. The second kappa shape index (κ2) is 11.7. The summed E-state index contributed by atoms with van der Waals surface area (Å²) < 4.78 is 52.2. The van der Waals surface area contributed by atoms with Gasteiger partial charge in [0.05, 0.1) is 48.3 Å². The highest BCUT2D eigenvalue weighted by Crippen LogP contribution is 2.41. The molecule has 2 amide bonds. The Hall–Kier alpha value is -4.99. The Labute approximate surface area is 261 Å². The van der Waals surface area contributed by atoms with Gasteiger partial charge in [-0.25, -0.2) is 9.78 Å². The summed E-state index contributed by atoms with van der Waals surface area (Å²) in [6.45, 7) is 1.84. The van der Waals surface area contributed by atoms with Crippen LogP contribution in [0.2, 0.25) is 0 Å². The molecule has 1 fully saturated rings. The molecule has 3 aromatic heterocycles. The van der Waals surface area contributed by atoms with Crippen molar-refractivity contribution in [3.8, 4) is 22.6 Å². The van der Waals surface area contributed by atoms with Crippen molar-refractivity contribution < 1.29 is 32.6 Å². The van der Waals surface area contributed by atoms with Gasteiger partial charge in [-0.3, -0.25) is 14.4 Å². The Balaban J connectivity index is 1.34. The second-order valence-electron chi connectivity index (χ2n) is 11.5. The topological polar surface area (TPSA) is 152 Å². The Morgan fingerprint density at radius 1 is 1.15 bits per heavy atom. The molecule has 3 N–H and O–H groups in total. The Morgan fingerprint density at radius 2 is 1.93 bits per heavy atom. The van der Waals surface area contributed by atoms with Crippen LogP contribution in [0, 0.1) is 0 Å². The molecular formula is C30H32F3N9O4. The maximum Gasteiger partial charge on any atom is 0.416 e. The lowest BCUT2D eigenvalue weighted by Crippen LogP contribution is -2.56. The number of rotatable bonds is 10. The quantitative estimate of drug-likeness (QED) is 0.226. The van der Waals surface area contributed by atoms with E-state index in [4.69, 9.17) is 9.84 Å². The van der Waals surface area contributed by atoms with Crippen LogP contribution in [-0.4, -0.2) is 65.3 Å². The number of carbonyl (C=O) groups is 2. The number of amides is 2. The maximum absolute atomic E-state index is 14.4. The molecule has 0 saturated heterocycles. The van der Waals surface area contributed by atoms with E-state index in [9.17, 15) is 22.8 Å². The number of fused-ring (bicyclic) bond motifs is 1. The van der Waals surface area contributed by atoms with E-state index >= 15 is 0 Å². The summed E-state index contributed by atoms with van der Waals surface area (Å²) in [4.78, 5) is 30.8. The van der Waals surface area contributed by atoms with E-state index in [0.29, 0.717) is 47.8 Å². The lowest BCUT2D eigenvalue weighted by Gasteiger charge is -2.41. The first kappa shape index (κ1) is 31.0. The van der Waals surface area contributed by atoms with Crippen molar-refractivity contribution in [3.05, 3.63) is 59.0 Å². The molecule has 0 unspecified atom stereocenters. The molecule has 1 saturated carbocycles. The monoisotopic (exact) mass is 639 g/mol. The van der Waals surface area contributed by atoms with E-state index in [1.54, 1.807) is 48.0 Å². The highest BCUT2D eigenvalue weighted by molar-refractivity contribution is 6.10. The fourth-order valence-electron chi connectivity index (χ4n) is 6.02. The largest absolute Gasteiger partial charge is 0.465 e. The Morgan fingerprint density at radius 3 is 2.57 bits per heavy atom. The van der Waals surface area contributed by atoms with Crippen LogP contribution < -0.4 is 15.5 Å². The number of nitrogens with zero attached hydrogens (tertiary/aromatic N) is 7. The number of halogens is 3. The van der Waals surface area contributed by atoms with Gasteiger partial charge in [0.1, 0.15) is 18.0 Å². The smallest absolute Gasteiger partial charge is 0.416 e. The van der Waals surface area contributed by atoms with Crippen molar-refractivity contribution in [2.75, 3.05) is 23.4 Å². The molecule has 16 heteroatoms. The molecule has 0 atom stereocenters. The summed E-state index contributed by atoms with van der Waals surface area (Å²) in [6, 6.07) is 5.83. The average Bonchev–Trinajstić information content (AvgIpc) is 3.67. The number of alkyl halides is 3. The van der Waals surface area contributed by atoms with E-state index in [1.807, 2.05) is 6.92 Å². The fourth-order valence-corrected chi connectivity index (χ4v) is 6.02. The van der Waals surface area contributed by atoms with Gasteiger partial charge in [-0.15, -0.1) is 10.2 Å². The minimum absolute atomic E-state index is 0.00602. The molecule has 0 bridgehead atoms. The van der Waals surface area contributed by atoms with E-state index in [1.165, 1.54) is 11.0 Å². The second-order valence-corrected chi connectivity index (χ2v) is 11.5. The summed E-state index contributed by atoms with van der Waals surface area (Å²) in [5, 5.41) is 27.3. The van der Waals surface area contributed by atoms with Gasteiger partial charge in [0.25, 0.3) is 5.91 Å². The van der Waals surface area contributed by atoms with Crippen LogP contribution >= 0.6 is 0 Å². The van der Waals surface area contributed by atoms with Crippen LogP contribution in [0.1, 0.15) is 53.2 Å². The molecular weight excluding hydrogens is 607 g/mol. The van der Waals surface area contributed by atoms with Crippen molar-refractivity contribution in [1.82, 2.24) is 34.8 Å². The van der Waals surface area contributed by atoms with Gasteiger partial charge in [-0.1, -0.05) is 0 Å². The molecule has 1 aliphatic carbocycles. The lowest BCUT2D eigenvalue weighted by molar-refractivity contribution is -0.138. The van der Waals surface area contributed by atoms with Crippen LogP contribution in [0.5, 0.6) is 0 Å². The van der Waals surface area contributed by atoms with Crippen molar-refractivity contribution in [1.29, 1.82) is 0 Å². The zero-order valence-electron chi connectivity index (χ0n) is 25.4. The number of anilines is 2. The zero-order chi connectivity index (χ0) is 32.8. The predicted octanol–water partition coefficient (Wildman–Crippen LogP) is 4.60. The van der Waals surface area contributed by atoms with Crippen LogP contribution in [0.3, 0.4) is 0 Å². The standard InChI is InChI=1S/C30H32F3N9O4/c1-4-34-23-10-18(25-20(12-36-41(25)3)26-39-35-16-40(26)2)11-24(37-23)42-13-21-19(27(42)43)8-17(9-22(21)30(31,32)33)14-46-15-29(6-5-7-29)38-28(44)45/h8-12,16,38H,4-7,13-15H2,1-3H3,(H,34,37)(H,44,45). The molecule has 1 aliphatic heterocycles. The van der Waals surface area contributed by atoms with Crippen molar-refractivity contribution in [2.45, 2.75) is 51.1 Å². The molecule has 2 aliphatic rings. The molecule has 13 nitrogen and oxygen atoms in total. The molecule has 1 aromatic carbocycles. The van der Waals surface area contributed by atoms with E-state index in [2.05, 4.69) is 30.9 Å². The summed E-state index contributed by atoms with van der Waals surface area (Å²) >= 11 is 0. The average molecular weight is 640 g/mol. The van der Waals surface area contributed by atoms with Gasteiger partial charge in [0, 0.05) is 31.8 Å².